The normalized spacial score (nSPS) is 15.9. The van der Waals surface area contributed by atoms with Gasteiger partial charge >= 0.3 is 0 Å². The van der Waals surface area contributed by atoms with Gasteiger partial charge in [0.05, 0.1) is 15.8 Å². The summed E-state index contributed by atoms with van der Waals surface area (Å²) >= 11 is 1.53. The summed E-state index contributed by atoms with van der Waals surface area (Å²) in [5, 5.41) is 6.02. The van der Waals surface area contributed by atoms with Gasteiger partial charge in [-0.15, -0.1) is 11.3 Å². The van der Waals surface area contributed by atoms with Crippen LogP contribution in [0.5, 0.6) is 0 Å². The summed E-state index contributed by atoms with van der Waals surface area (Å²) < 4.78 is 1.07. The fourth-order valence-electron chi connectivity index (χ4n) is 2.97. The first-order chi connectivity index (χ1) is 12.3. The zero-order valence-electron chi connectivity index (χ0n) is 13.0. The lowest BCUT2D eigenvalue weighted by Gasteiger charge is -1.97. The average Bonchev–Trinajstić information content (AvgIpc) is 3.33. The van der Waals surface area contributed by atoms with Crippen LogP contribution in [-0.4, -0.2) is 21.6 Å². The molecule has 0 saturated heterocycles. The molecule has 2 aromatic carbocycles. The SMILES string of the molecule is O=C1NN=C(c2nc3ccccc3s2)C1=Cc1c[nH]c2ccccc12. The summed E-state index contributed by atoms with van der Waals surface area (Å²) in [6.07, 6.45) is 3.77. The highest BCUT2D eigenvalue weighted by Gasteiger charge is 2.26. The van der Waals surface area contributed by atoms with Crippen molar-refractivity contribution in [1.29, 1.82) is 0 Å². The molecule has 0 spiro atoms. The molecule has 5 nitrogen and oxygen atoms in total. The highest BCUT2D eigenvalue weighted by molar-refractivity contribution is 7.20. The number of benzene rings is 2. The number of nitrogens with one attached hydrogen (secondary N) is 2. The maximum absolute atomic E-state index is 12.3. The van der Waals surface area contributed by atoms with E-state index in [0.29, 0.717) is 11.3 Å². The molecule has 120 valence electrons. The van der Waals surface area contributed by atoms with Gasteiger partial charge in [-0.05, 0) is 24.3 Å². The van der Waals surface area contributed by atoms with Crippen molar-refractivity contribution >= 4 is 50.2 Å². The number of carbonyl (C=O) groups excluding carboxylic acids is 1. The Morgan fingerprint density at radius 3 is 2.80 bits per heavy atom. The molecule has 0 radical (unpaired) electrons. The first-order valence-corrected chi connectivity index (χ1v) is 8.63. The third kappa shape index (κ3) is 2.27. The molecule has 1 amide bonds. The summed E-state index contributed by atoms with van der Waals surface area (Å²) in [7, 11) is 0. The smallest absolute Gasteiger partial charge is 0.273 e. The molecule has 0 unspecified atom stereocenters. The number of fused-ring (bicyclic) bond motifs is 2. The molecule has 2 N–H and O–H groups in total. The van der Waals surface area contributed by atoms with Gasteiger partial charge in [0.1, 0.15) is 10.7 Å². The number of H-pyrrole nitrogens is 1. The summed E-state index contributed by atoms with van der Waals surface area (Å²) in [6.45, 7) is 0. The number of carbonyl (C=O) groups is 1. The van der Waals surface area contributed by atoms with Crippen LogP contribution in [-0.2, 0) is 4.79 Å². The van der Waals surface area contributed by atoms with Crippen LogP contribution in [0.2, 0.25) is 0 Å². The zero-order valence-corrected chi connectivity index (χ0v) is 13.8. The van der Waals surface area contributed by atoms with E-state index in [1.54, 1.807) is 0 Å². The number of thiazole rings is 1. The molecule has 0 bridgehead atoms. The average molecular weight is 344 g/mol. The summed E-state index contributed by atoms with van der Waals surface area (Å²) in [5.41, 5.74) is 6.59. The maximum Gasteiger partial charge on any atom is 0.273 e. The Labute approximate surface area is 146 Å². The van der Waals surface area contributed by atoms with Gasteiger partial charge in [0.25, 0.3) is 5.91 Å². The Hall–Kier alpha value is -3.25. The van der Waals surface area contributed by atoms with Gasteiger partial charge in [-0.2, -0.15) is 5.10 Å². The van der Waals surface area contributed by atoms with Crippen molar-refractivity contribution < 1.29 is 4.79 Å². The molecule has 1 aliphatic heterocycles. The van der Waals surface area contributed by atoms with Crippen molar-refractivity contribution in [3.05, 3.63) is 70.9 Å². The first-order valence-electron chi connectivity index (χ1n) is 7.82. The molecule has 6 heteroatoms. The Bertz CT molecular complexity index is 1170. The monoisotopic (exact) mass is 344 g/mol. The van der Waals surface area contributed by atoms with E-state index in [0.717, 1.165) is 31.7 Å². The topological polar surface area (TPSA) is 70.1 Å². The molecule has 0 aliphatic carbocycles. The van der Waals surface area contributed by atoms with Gasteiger partial charge in [0.15, 0.2) is 0 Å². The predicted octanol–water partition coefficient (Wildman–Crippen LogP) is 3.70. The zero-order chi connectivity index (χ0) is 16.8. The van der Waals surface area contributed by atoms with Gasteiger partial charge in [0, 0.05) is 22.7 Å². The van der Waals surface area contributed by atoms with Crippen LogP contribution in [0.3, 0.4) is 0 Å². The minimum absolute atomic E-state index is 0.209. The van der Waals surface area contributed by atoms with Crippen LogP contribution in [0.4, 0.5) is 0 Å². The second kappa shape index (κ2) is 5.39. The molecule has 2 aromatic heterocycles. The molecule has 4 aromatic rings. The van der Waals surface area contributed by atoms with Gasteiger partial charge in [-0.1, -0.05) is 30.3 Å². The lowest BCUT2D eigenvalue weighted by Crippen LogP contribution is -2.13. The minimum Gasteiger partial charge on any atom is -0.361 e. The third-order valence-electron chi connectivity index (χ3n) is 4.19. The molecule has 25 heavy (non-hydrogen) atoms. The summed E-state index contributed by atoms with van der Waals surface area (Å²) in [4.78, 5) is 20.1. The van der Waals surface area contributed by atoms with Crippen LogP contribution in [0.25, 0.3) is 27.2 Å². The number of aromatic amines is 1. The number of rotatable bonds is 2. The van der Waals surface area contributed by atoms with Gasteiger partial charge in [0.2, 0.25) is 0 Å². The Kier molecular flexibility index (Phi) is 3.05. The Morgan fingerprint density at radius 2 is 1.88 bits per heavy atom. The van der Waals surface area contributed by atoms with Gasteiger partial charge < -0.3 is 4.98 Å². The molecule has 0 atom stereocenters. The highest BCUT2D eigenvalue weighted by Crippen LogP contribution is 2.27. The quantitative estimate of drug-likeness (QED) is 0.544. The predicted molar refractivity (Wildman–Crippen MR) is 101 cm³/mol. The number of para-hydroxylation sites is 2. The Morgan fingerprint density at radius 1 is 1.04 bits per heavy atom. The van der Waals surface area contributed by atoms with Crippen LogP contribution in [0, 0.1) is 0 Å². The van der Waals surface area contributed by atoms with E-state index in [4.69, 9.17) is 0 Å². The number of amides is 1. The van der Waals surface area contributed by atoms with Gasteiger partial charge in [-0.3, -0.25) is 4.79 Å². The van der Waals surface area contributed by atoms with Crippen LogP contribution in [0.15, 0.2) is 65.4 Å². The molecule has 1 aliphatic rings. The number of hydrazone groups is 1. The summed E-state index contributed by atoms with van der Waals surface area (Å²) in [6, 6.07) is 15.9. The van der Waals surface area contributed by atoms with Crippen molar-refractivity contribution in [3.63, 3.8) is 0 Å². The lowest BCUT2D eigenvalue weighted by atomic mass is 10.1. The van der Waals surface area contributed by atoms with E-state index in [1.807, 2.05) is 60.8 Å². The standard InChI is InChI=1S/C19H12N4OS/c24-18-13(9-11-10-20-14-6-2-1-5-12(11)14)17(22-23-18)19-21-15-7-3-4-8-16(15)25-19/h1-10,20H,(H,23,24). The van der Waals surface area contributed by atoms with E-state index in [1.165, 1.54) is 11.3 Å². The summed E-state index contributed by atoms with van der Waals surface area (Å²) in [5.74, 6) is -0.209. The van der Waals surface area contributed by atoms with Crippen molar-refractivity contribution in [2.45, 2.75) is 0 Å². The van der Waals surface area contributed by atoms with Crippen molar-refractivity contribution in [2.24, 2.45) is 5.10 Å². The number of hydrogen-bond donors (Lipinski definition) is 2. The second-order valence-electron chi connectivity index (χ2n) is 5.74. The highest BCUT2D eigenvalue weighted by atomic mass is 32.1. The molecular weight excluding hydrogens is 332 g/mol. The molecule has 5 rings (SSSR count). The fraction of sp³-hybridized carbons (Fsp3) is 0. The van der Waals surface area contributed by atoms with E-state index >= 15 is 0 Å². The van der Waals surface area contributed by atoms with Crippen molar-refractivity contribution in [1.82, 2.24) is 15.4 Å². The number of aromatic nitrogens is 2. The van der Waals surface area contributed by atoms with Crippen molar-refractivity contribution in [2.75, 3.05) is 0 Å². The fourth-order valence-corrected chi connectivity index (χ4v) is 3.94. The van der Waals surface area contributed by atoms with E-state index < -0.39 is 0 Å². The van der Waals surface area contributed by atoms with Crippen LogP contribution < -0.4 is 5.43 Å². The lowest BCUT2D eigenvalue weighted by molar-refractivity contribution is -0.116. The molecule has 3 heterocycles. The largest absolute Gasteiger partial charge is 0.361 e. The molecular formula is C19H12N4OS. The van der Waals surface area contributed by atoms with E-state index in [2.05, 4.69) is 20.5 Å². The molecule has 0 fully saturated rings. The number of nitrogens with zero attached hydrogens (tertiary/aromatic N) is 2. The minimum atomic E-state index is -0.209. The second-order valence-corrected chi connectivity index (χ2v) is 6.77. The maximum atomic E-state index is 12.3. The van der Waals surface area contributed by atoms with Gasteiger partial charge in [-0.25, -0.2) is 10.4 Å². The van der Waals surface area contributed by atoms with Crippen LogP contribution in [0.1, 0.15) is 10.6 Å². The van der Waals surface area contributed by atoms with Crippen molar-refractivity contribution in [3.8, 4) is 0 Å². The van der Waals surface area contributed by atoms with E-state index in [9.17, 15) is 4.79 Å². The Balaban J connectivity index is 1.64. The van der Waals surface area contributed by atoms with Crippen LogP contribution >= 0.6 is 11.3 Å². The number of hydrogen-bond acceptors (Lipinski definition) is 4. The third-order valence-corrected chi connectivity index (χ3v) is 5.23. The van der Waals surface area contributed by atoms with E-state index in [-0.39, 0.29) is 5.91 Å². The molecule has 0 saturated carbocycles. The first kappa shape index (κ1) is 14.1.